The molecule has 2 nitrogen and oxygen atoms in total. The van der Waals surface area contributed by atoms with Crippen molar-refractivity contribution in [1.82, 2.24) is 0 Å². The van der Waals surface area contributed by atoms with Crippen LogP contribution in [-0.4, -0.2) is 5.91 Å². The molecule has 3 heteroatoms. The molecule has 0 spiro atoms. The van der Waals surface area contributed by atoms with Crippen LogP contribution in [0.15, 0.2) is 36.4 Å². The van der Waals surface area contributed by atoms with Crippen LogP contribution in [0.5, 0.6) is 0 Å². The van der Waals surface area contributed by atoms with Crippen molar-refractivity contribution >= 4 is 5.91 Å². The summed E-state index contributed by atoms with van der Waals surface area (Å²) in [5, 5.41) is 0. The molecule has 0 atom stereocenters. The number of benzene rings is 2. The predicted molar refractivity (Wildman–Crippen MR) is 69.8 cm³/mol. The molecule has 0 aromatic heterocycles. The van der Waals surface area contributed by atoms with Crippen molar-refractivity contribution in [1.29, 1.82) is 0 Å². The van der Waals surface area contributed by atoms with Gasteiger partial charge >= 0.3 is 0 Å². The molecule has 1 amide bonds. The van der Waals surface area contributed by atoms with E-state index in [1.807, 2.05) is 19.9 Å². The number of hydrogen-bond acceptors (Lipinski definition) is 1. The van der Waals surface area contributed by atoms with E-state index in [2.05, 4.69) is 0 Å². The minimum atomic E-state index is -0.464. The third-order valence-corrected chi connectivity index (χ3v) is 3.09. The fourth-order valence-corrected chi connectivity index (χ4v) is 1.95. The van der Waals surface area contributed by atoms with Gasteiger partial charge in [-0.2, -0.15) is 0 Å². The molecule has 2 rings (SSSR count). The summed E-state index contributed by atoms with van der Waals surface area (Å²) in [6, 6.07) is 9.91. The van der Waals surface area contributed by atoms with Crippen LogP contribution in [0.25, 0.3) is 11.1 Å². The number of nitrogens with two attached hydrogens (primary N) is 1. The van der Waals surface area contributed by atoms with Crippen LogP contribution in [0.1, 0.15) is 21.5 Å². The van der Waals surface area contributed by atoms with Crippen molar-refractivity contribution in [2.24, 2.45) is 5.73 Å². The number of rotatable bonds is 2. The quantitative estimate of drug-likeness (QED) is 0.864. The molecular formula is C15H14FNO. The minimum Gasteiger partial charge on any atom is -0.366 e. The van der Waals surface area contributed by atoms with E-state index in [1.54, 1.807) is 18.2 Å². The zero-order chi connectivity index (χ0) is 13.3. The summed E-state index contributed by atoms with van der Waals surface area (Å²) in [7, 11) is 0. The zero-order valence-electron chi connectivity index (χ0n) is 10.3. The first kappa shape index (κ1) is 12.3. The van der Waals surface area contributed by atoms with Crippen LogP contribution in [0.2, 0.25) is 0 Å². The smallest absolute Gasteiger partial charge is 0.248 e. The van der Waals surface area contributed by atoms with Crippen LogP contribution < -0.4 is 5.73 Å². The highest BCUT2D eigenvalue weighted by molar-refractivity contribution is 5.96. The summed E-state index contributed by atoms with van der Waals surface area (Å²) in [5.74, 6) is -0.764. The van der Waals surface area contributed by atoms with Crippen LogP contribution in [-0.2, 0) is 0 Å². The van der Waals surface area contributed by atoms with E-state index in [1.165, 1.54) is 12.1 Å². The molecule has 0 aliphatic heterocycles. The molecule has 92 valence electrons. The van der Waals surface area contributed by atoms with Crippen molar-refractivity contribution in [3.8, 4) is 11.1 Å². The molecule has 0 aliphatic carbocycles. The Hall–Kier alpha value is -2.16. The maximum absolute atomic E-state index is 13.2. The first-order valence-electron chi connectivity index (χ1n) is 5.66. The number of primary amides is 1. The molecule has 2 N–H and O–H groups in total. The number of amides is 1. The lowest BCUT2D eigenvalue weighted by Crippen LogP contribution is -2.13. The second kappa shape index (κ2) is 4.61. The number of carbonyl (C=O) groups excluding carboxylic acids is 1. The summed E-state index contributed by atoms with van der Waals surface area (Å²) >= 11 is 0. The molecule has 0 bridgehead atoms. The monoisotopic (exact) mass is 243 g/mol. The van der Waals surface area contributed by atoms with E-state index in [9.17, 15) is 9.18 Å². The average molecular weight is 243 g/mol. The van der Waals surface area contributed by atoms with Gasteiger partial charge in [0, 0.05) is 5.56 Å². The minimum absolute atomic E-state index is 0.300. The first-order chi connectivity index (χ1) is 8.49. The van der Waals surface area contributed by atoms with Crippen LogP contribution in [0.3, 0.4) is 0 Å². The lowest BCUT2D eigenvalue weighted by molar-refractivity contribution is 0.0999. The largest absolute Gasteiger partial charge is 0.366 e. The standard InChI is InChI=1S/C15H14FNO/c1-9-6-12(8-14(10(9)2)15(17)18)11-4-3-5-13(16)7-11/h3-8H,1-2H3,(H2,17,18). The number of aryl methyl sites for hydroxylation is 1. The van der Waals surface area contributed by atoms with Crippen LogP contribution >= 0.6 is 0 Å². The van der Waals surface area contributed by atoms with Gasteiger partial charge in [-0.05, 0) is 54.3 Å². The first-order valence-corrected chi connectivity index (χ1v) is 5.66. The Kier molecular flexibility index (Phi) is 3.15. The van der Waals surface area contributed by atoms with Crippen LogP contribution in [0.4, 0.5) is 4.39 Å². The number of hydrogen-bond donors (Lipinski definition) is 1. The maximum atomic E-state index is 13.2. The summed E-state index contributed by atoms with van der Waals surface area (Å²) in [6.45, 7) is 3.76. The fourth-order valence-electron chi connectivity index (χ4n) is 1.95. The second-order valence-corrected chi connectivity index (χ2v) is 4.34. The van der Waals surface area contributed by atoms with Gasteiger partial charge in [-0.3, -0.25) is 4.79 Å². The highest BCUT2D eigenvalue weighted by Gasteiger charge is 2.10. The molecule has 0 saturated heterocycles. The molecule has 2 aromatic rings. The van der Waals surface area contributed by atoms with E-state index in [-0.39, 0.29) is 5.82 Å². The molecular weight excluding hydrogens is 229 g/mol. The van der Waals surface area contributed by atoms with Gasteiger partial charge in [-0.1, -0.05) is 18.2 Å². The topological polar surface area (TPSA) is 43.1 Å². The third-order valence-electron chi connectivity index (χ3n) is 3.09. The summed E-state index contributed by atoms with van der Waals surface area (Å²) in [4.78, 5) is 11.4. The Labute approximate surface area is 105 Å². The van der Waals surface area contributed by atoms with Crippen molar-refractivity contribution in [2.45, 2.75) is 13.8 Å². The summed E-state index contributed by atoms with van der Waals surface area (Å²) in [5.41, 5.74) is 9.19. The van der Waals surface area contributed by atoms with Gasteiger partial charge in [0.2, 0.25) is 5.91 Å². The van der Waals surface area contributed by atoms with Gasteiger partial charge in [0.25, 0.3) is 0 Å². The Bertz CT molecular complexity index is 620. The molecule has 2 aromatic carbocycles. The molecule has 0 saturated carbocycles. The van der Waals surface area contributed by atoms with Crippen molar-refractivity contribution in [3.63, 3.8) is 0 Å². The molecule has 0 radical (unpaired) electrons. The Morgan fingerprint density at radius 2 is 1.83 bits per heavy atom. The predicted octanol–water partition coefficient (Wildman–Crippen LogP) is 3.21. The van der Waals surface area contributed by atoms with Gasteiger partial charge in [0.1, 0.15) is 5.82 Å². The van der Waals surface area contributed by atoms with Crippen molar-refractivity contribution in [2.75, 3.05) is 0 Å². The van der Waals surface area contributed by atoms with Gasteiger partial charge in [-0.25, -0.2) is 4.39 Å². The van der Waals surface area contributed by atoms with Gasteiger partial charge < -0.3 is 5.73 Å². The number of halogens is 1. The van der Waals surface area contributed by atoms with E-state index < -0.39 is 5.91 Å². The third kappa shape index (κ3) is 2.25. The Balaban J connectivity index is 2.63. The second-order valence-electron chi connectivity index (χ2n) is 4.34. The average Bonchev–Trinajstić information content (AvgIpc) is 2.32. The highest BCUT2D eigenvalue weighted by Crippen LogP contribution is 2.25. The van der Waals surface area contributed by atoms with E-state index in [0.717, 1.165) is 22.3 Å². The van der Waals surface area contributed by atoms with E-state index in [0.29, 0.717) is 5.56 Å². The normalized spacial score (nSPS) is 10.4. The molecule has 0 fully saturated rings. The van der Waals surface area contributed by atoms with E-state index >= 15 is 0 Å². The highest BCUT2D eigenvalue weighted by atomic mass is 19.1. The Morgan fingerprint density at radius 1 is 1.11 bits per heavy atom. The van der Waals surface area contributed by atoms with Gasteiger partial charge in [0.15, 0.2) is 0 Å². The fraction of sp³-hybridized carbons (Fsp3) is 0.133. The summed E-state index contributed by atoms with van der Waals surface area (Å²) < 4.78 is 13.2. The van der Waals surface area contributed by atoms with Crippen molar-refractivity contribution < 1.29 is 9.18 Å². The SMILES string of the molecule is Cc1cc(-c2cccc(F)c2)cc(C(N)=O)c1C. The van der Waals surface area contributed by atoms with Gasteiger partial charge in [-0.15, -0.1) is 0 Å². The molecule has 0 heterocycles. The summed E-state index contributed by atoms with van der Waals surface area (Å²) in [6.07, 6.45) is 0. The van der Waals surface area contributed by atoms with Gasteiger partial charge in [0.05, 0.1) is 0 Å². The van der Waals surface area contributed by atoms with Crippen LogP contribution in [0, 0.1) is 19.7 Å². The Morgan fingerprint density at radius 3 is 2.44 bits per heavy atom. The molecule has 0 unspecified atom stereocenters. The van der Waals surface area contributed by atoms with Crippen molar-refractivity contribution in [3.05, 3.63) is 58.9 Å². The lowest BCUT2D eigenvalue weighted by atomic mass is 9.95. The maximum Gasteiger partial charge on any atom is 0.248 e. The molecule has 18 heavy (non-hydrogen) atoms. The zero-order valence-corrected chi connectivity index (χ0v) is 10.3. The number of carbonyl (C=O) groups is 1. The molecule has 0 aliphatic rings. The lowest BCUT2D eigenvalue weighted by Gasteiger charge is -2.10. The van der Waals surface area contributed by atoms with E-state index in [4.69, 9.17) is 5.73 Å².